The van der Waals surface area contributed by atoms with Gasteiger partial charge in [-0.2, -0.15) is 0 Å². The molecular weight excluding hydrogens is 156 g/mol. The highest BCUT2D eigenvalue weighted by molar-refractivity contribution is 5.69. The molecule has 0 atom stereocenters. The van der Waals surface area contributed by atoms with Gasteiger partial charge in [-0.3, -0.25) is 4.79 Å². The fourth-order valence-electron chi connectivity index (χ4n) is 1.26. The van der Waals surface area contributed by atoms with Gasteiger partial charge in [-0.15, -0.1) is 0 Å². The maximum absolute atomic E-state index is 11.0. The van der Waals surface area contributed by atoms with Crippen LogP contribution in [0.1, 0.15) is 32.6 Å². The van der Waals surface area contributed by atoms with Crippen LogP contribution in [0.15, 0.2) is 0 Å². The van der Waals surface area contributed by atoms with Crippen LogP contribution < -0.4 is 0 Å². The van der Waals surface area contributed by atoms with Crippen molar-refractivity contribution in [2.45, 2.75) is 38.2 Å². The fourth-order valence-corrected chi connectivity index (χ4v) is 1.26. The van der Waals surface area contributed by atoms with E-state index in [1.54, 1.807) is 7.11 Å². The van der Waals surface area contributed by atoms with E-state index in [0.29, 0.717) is 13.0 Å². The highest BCUT2D eigenvalue weighted by atomic mass is 16.5. The van der Waals surface area contributed by atoms with Crippen molar-refractivity contribution in [1.29, 1.82) is 0 Å². The minimum atomic E-state index is -0.110. The van der Waals surface area contributed by atoms with Crippen LogP contribution in [-0.4, -0.2) is 25.3 Å². The first kappa shape index (κ1) is 9.52. The topological polar surface area (TPSA) is 35.5 Å². The van der Waals surface area contributed by atoms with Crippen molar-refractivity contribution in [3.05, 3.63) is 0 Å². The van der Waals surface area contributed by atoms with Crippen LogP contribution in [0, 0.1) is 0 Å². The number of ether oxygens (including phenoxy) is 2. The van der Waals surface area contributed by atoms with Gasteiger partial charge >= 0.3 is 5.97 Å². The van der Waals surface area contributed by atoms with Crippen molar-refractivity contribution in [1.82, 2.24) is 0 Å². The Balaban J connectivity index is 2.12. The second kappa shape index (κ2) is 3.90. The SMILES string of the molecule is CCOC(=O)CCC1(OC)CC1. The lowest BCUT2D eigenvalue weighted by Crippen LogP contribution is -2.14. The fraction of sp³-hybridized carbons (Fsp3) is 0.889. The van der Waals surface area contributed by atoms with E-state index in [4.69, 9.17) is 9.47 Å². The summed E-state index contributed by atoms with van der Waals surface area (Å²) in [5.74, 6) is -0.110. The Hall–Kier alpha value is -0.570. The van der Waals surface area contributed by atoms with Gasteiger partial charge in [0.2, 0.25) is 0 Å². The third-order valence-electron chi connectivity index (χ3n) is 2.33. The van der Waals surface area contributed by atoms with Gasteiger partial charge in [0.15, 0.2) is 0 Å². The quantitative estimate of drug-likeness (QED) is 0.590. The monoisotopic (exact) mass is 172 g/mol. The van der Waals surface area contributed by atoms with Gasteiger partial charge in [-0.05, 0) is 26.2 Å². The molecule has 1 rings (SSSR count). The summed E-state index contributed by atoms with van der Waals surface area (Å²) < 4.78 is 10.1. The predicted octanol–water partition coefficient (Wildman–Crippen LogP) is 1.51. The maximum Gasteiger partial charge on any atom is 0.305 e. The highest BCUT2D eigenvalue weighted by Crippen LogP contribution is 2.42. The van der Waals surface area contributed by atoms with Gasteiger partial charge < -0.3 is 9.47 Å². The first-order valence-electron chi connectivity index (χ1n) is 4.43. The van der Waals surface area contributed by atoms with Gasteiger partial charge in [0.25, 0.3) is 0 Å². The van der Waals surface area contributed by atoms with Crippen molar-refractivity contribution in [2.75, 3.05) is 13.7 Å². The van der Waals surface area contributed by atoms with E-state index >= 15 is 0 Å². The van der Waals surface area contributed by atoms with Crippen LogP contribution in [0.4, 0.5) is 0 Å². The zero-order chi connectivity index (χ0) is 9.03. The van der Waals surface area contributed by atoms with Crippen LogP contribution in [-0.2, 0) is 14.3 Å². The predicted molar refractivity (Wildman–Crippen MR) is 44.8 cm³/mol. The van der Waals surface area contributed by atoms with Gasteiger partial charge in [-0.25, -0.2) is 0 Å². The molecule has 0 aliphatic heterocycles. The zero-order valence-corrected chi connectivity index (χ0v) is 7.76. The lowest BCUT2D eigenvalue weighted by atomic mass is 10.2. The molecule has 0 amide bonds. The molecule has 0 radical (unpaired) electrons. The molecule has 0 bridgehead atoms. The second-order valence-electron chi connectivity index (χ2n) is 3.19. The first-order valence-corrected chi connectivity index (χ1v) is 4.43. The molecule has 0 unspecified atom stereocenters. The number of carbonyl (C=O) groups is 1. The smallest absolute Gasteiger partial charge is 0.305 e. The Bertz CT molecular complexity index is 161. The maximum atomic E-state index is 11.0. The van der Waals surface area contributed by atoms with E-state index in [1.807, 2.05) is 6.92 Å². The summed E-state index contributed by atoms with van der Waals surface area (Å²) in [6.07, 6.45) is 3.47. The molecular formula is C9H16O3. The van der Waals surface area contributed by atoms with Crippen LogP contribution in [0.2, 0.25) is 0 Å². The molecule has 3 heteroatoms. The minimum Gasteiger partial charge on any atom is -0.466 e. The lowest BCUT2D eigenvalue weighted by molar-refractivity contribution is -0.144. The summed E-state index contributed by atoms with van der Waals surface area (Å²) in [4.78, 5) is 11.0. The van der Waals surface area contributed by atoms with Crippen molar-refractivity contribution in [2.24, 2.45) is 0 Å². The summed E-state index contributed by atoms with van der Waals surface area (Å²) in [5.41, 5.74) is 0.0206. The van der Waals surface area contributed by atoms with Gasteiger partial charge in [0, 0.05) is 13.5 Å². The molecule has 70 valence electrons. The highest BCUT2D eigenvalue weighted by Gasteiger charge is 2.42. The van der Waals surface area contributed by atoms with Crippen LogP contribution in [0.5, 0.6) is 0 Å². The van der Waals surface area contributed by atoms with Crippen LogP contribution in [0.25, 0.3) is 0 Å². The van der Waals surface area contributed by atoms with Gasteiger partial charge in [0.1, 0.15) is 0 Å². The normalized spacial score (nSPS) is 18.8. The number of methoxy groups -OCH3 is 1. The van der Waals surface area contributed by atoms with E-state index < -0.39 is 0 Å². The molecule has 1 aliphatic rings. The zero-order valence-electron chi connectivity index (χ0n) is 7.76. The molecule has 12 heavy (non-hydrogen) atoms. The number of hydrogen-bond acceptors (Lipinski definition) is 3. The number of esters is 1. The molecule has 1 aliphatic carbocycles. The molecule has 0 heterocycles. The average Bonchev–Trinajstić information content (AvgIpc) is 2.82. The van der Waals surface area contributed by atoms with Crippen molar-refractivity contribution >= 4 is 5.97 Å². The van der Waals surface area contributed by atoms with Crippen LogP contribution in [0.3, 0.4) is 0 Å². The third kappa shape index (κ3) is 2.48. The summed E-state index contributed by atoms with van der Waals surface area (Å²) in [7, 11) is 1.71. The van der Waals surface area contributed by atoms with Crippen LogP contribution >= 0.6 is 0 Å². The Morgan fingerprint density at radius 2 is 2.17 bits per heavy atom. The van der Waals surface area contributed by atoms with E-state index in [1.165, 1.54) is 0 Å². The number of hydrogen-bond donors (Lipinski definition) is 0. The summed E-state index contributed by atoms with van der Waals surface area (Å²) in [6, 6.07) is 0. The molecule has 0 spiro atoms. The minimum absolute atomic E-state index is 0.0206. The molecule has 0 saturated heterocycles. The Labute approximate surface area is 73.0 Å². The molecule has 3 nitrogen and oxygen atoms in total. The van der Waals surface area contributed by atoms with E-state index in [2.05, 4.69) is 0 Å². The largest absolute Gasteiger partial charge is 0.466 e. The Morgan fingerprint density at radius 3 is 2.58 bits per heavy atom. The van der Waals surface area contributed by atoms with Gasteiger partial charge in [0.05, 0.1) is 12.2 Å². The molecule has 1 saturated carbocycles. The second-order valence-corrected chi connectivity index (χ2v) is 3.19. The van der Waals surface area contributed by atoms with Crippen molar-refractivity contribution in [3.63, 3.8) is 0 Å². The number of carbonyl (C=O) groups excluding carboxylic acids is 1. The average molecular weight is 172 g/mol. The van der Waals surface area contributed by atoms with Crippen molar-refractivity contribution < 1.29 is 14.3 Å². The molecule has 0 aromatic heterocycles. The van der Waals surface area contributed by atoms with E-state index in [-0.39, 0.29) is 11.6 Å². The van der Waals surface area contributed by atoms with Gasteiger partial charge in [-0.1, -0.05) is 0 Å². The Morgan fingerprint density at radius 1 is 1.50 bits per heavy atom. The third-order valence-corrected chi connectivity index (χ3v) is 2.33. The first-order chi connectivity index (χ1) is 5.72. The standard InChI is InChI=1S/C9H16O3/c1-3-12-8(10)4-5-9(11-2)6-7-9/h3-7H2,1-2H3. The molecule has 0 aromatic rings. The van der Waals surface area contributed by atoms with E-state index in [0.717, 1.165) is 19.3 Å². The summed E-state index contributed by atoms with van der Waals surface area (Å²) >= 11 is 0. The summed E-state index contributed by atoms with van der Waals surface area (Å²) in [5, 5.41) is 0. The Kier molecular flexibility index (Phi) is 3.09. The molecule has 0 N–H and O–H groups in total. The molecule has 0 aromatic carbocycles. The lowest BCUT2D eigenvalue weighted by Gasteiger charge is -2.11. The van der Waals surface area contributed by atoms with E-state index in [9.17, 15) is 4.79 Å². The van der Waals surface area contributed by atoms with Crippen molar-refractivity contribution in [3.8, 4) is 0 Å². The molecule has 1 fully saturated rings. The number of rotatable bonds is 5. The summed E-state index contributed by atoms with van der Waals surface area (Å²) in [6.45, 7) is 2.29.